The predicted molar refractivity (Wildman–Crippen MR) is 56.4 cm³/mol. The highest BCUT2D eigenvalue weighted by atomic mass is 16.4. The average Bonchev–Trinajstić information content (AvgIpc) is 2.09. The van der Waals surface area contributed by atoms with Gasteiger partial charge in [-0.05, 0) is 32.1 Å². The molecule has 1 aliphatic rings. The van der Waals surface area contributed by atoms with Crippen LogP contribution in [0.25, 0.3) is 0 Å². The van der Waals surface area contributed by atoms with Crippen molar-refractivity contribution in [1.29, 1.82) is 0 Å². The summed E-state index contributed by atoms with van der Waals surface area (Å²) in [7, 11) is 0. The van der Waals surface area contributed by atoms with Crippen molar-refractivity contribution in [2.24, 2.45) is 11.8 Å². The summed E-state index contributed by atoms with van der Waals surface area (Å²) < 4.78 is 0. The number of carboxylic acids is 1. The first-order valence-electron chi connectivity index (χ1n) is 5.51. The Labute approximate surface area is 90.0 Å². The molecule has 15 heavy (non-hydrogen) atoms. The fourth-order valence-electron chi connectivity index (χ4n) is 1.89. The number of carboxylic acid groups (broad SMARTS) is 1. The average molecular weight is 213 g/mol. The van der Waals surface area contributed by atoms with E-state index in [1.807, 2.05) is 6.92 Å². The maximum atomic E-state index is 11.6. The van der Waals surface area contributed by atoms with Gasteiger partial charge in [0.05, 0.1) is 0 Å². The largest absolute Gasteiger partial charge is 0.481 e. The van der Waals surface area contributed by atoms with Crippen LogP contribution in [0, 0.1) is 11.8 Å². The van der Waals surface area contributed by atoms with Crippen molar-refractivity contribution in [3.63, 3.8) is 0 Å². The minimum Gasteiger partial charge on any atom is -0.481 e. The molecule has 1 saturated carbocycles. The van der Waals surface area contributed by atoms with E-state index in [1.165, 1.54) is 0 Å². The van der Waals surface area contributed by atoms with Crippen molar-refractivity contribution in [3.05, 3.63) is 0 Å². The van der Waals surface area contributed by atoms with Gasteiger partial charge in [-0.25, -0.2) is 0 Å². The van der Waals surface area contributed by atoms with Crippen LogP contribution >= 0.6 is 0 Å². The Morgan fingerprint density at radius 1 is 1.47 bits per heavy atom. The quantitative estimate of drug-likeness (QED) is 0.725. The van der Waals surface area contributed by atoms with Crippen LogP contribution in [0.4, 0.5) is 0 Å². The molecule has 0 heterocycles. The maximum absolute atomic E-state index is 11.6. The molecule has 0 spiro atoms. The number of amides is 1. The van der Waals surface area contributed by atoms with Gasteiger partial charge in [-0.1, -0.05) is 6.92 Å². The first-order valence-corrected chi connectivity index (χ1v) is 5.51. The van der Waals surface area contributed by atoms with Crippen molar-refractivity contribution in [2.75, 3.05) is 0 Å². The molecule has 1 atom stereocenters. The van der Waals surface area contributed by atoms with Crippen molar-refractivity contribution in [3.8, 4) is 0 Å². The van der Waals surface area contributed by atoms with Gasteiger partial charge < -0.3 is 10.4 Å². The van der Waals surface area contributed by atoms with Crippen molar-refractivity contribution < 1.29 is 14.7 Å². The standard InChI is InChI=1S/C11H19NO3/c1-7-5-9(6-7)11(15)12-8(2)3-4-10(13)14/h7-9H,3-6H2,1-2H3,(H,12,15)(H,13,14). The Hall–Kier alpha value is -1.06. The summed E-state index contributed by atoms with van der Waals surface area (Å²) in [6.07, 6.45) is 2.56. The Morgan fingerprint density at radius 3 is 2.53 bits per heavy atom. The summed E-state index contributed by atoms with van der Waals surface area (Å²) in [6, 6.07) is -0.0375. The topological polar surface area (TPSA) is 66.4 Å². The van der Waals surface area contributed by atoms with Gasteiger partial charge in [-0.15, -0.1) is 0 Å². The van der Waals surface area contributed by atoms with E-state index in [2.05, 4.69) is 12.2 Å². The second-order valence-corrected chi connectivity index (χ2v) is 4.62. The van der Waals surface area contributed by atoms with Crippen LogP contribution in [0.3, 0.4) is 0 Å². The zero-order chi connectivity index (χ0) is 11.4. The SMILES string of the molecule is CC1CC(C(=O)NC(C)CCC(=O)O)C1. The van der Waals surface area contributed by atoms with Gasteiger partial charge in [-0.2, -0.15) is 0 Å². The molecular weight excluding hydrogens is 194 g/mol. The first-order chi connectivity index (χ1) is 6.99. The van der Waals surface area contributed by atoms with Crippen LogP contribution < -0.4 is 5.32 Å². The molecule has 0 aromatic heterocycles. The highest BCUT2D eigenvalue weighted by Gasteiger charge is 2.31. The van der Waals surface area contributed by atoms with E-state index in [0.717, 1.165) is 12.8 Å². The Kier molecular flexibility index (Phi) is 4.12. The minimum absolute atomic E-state index is 0.0375. The molecule has 0 aromatic rings. The Morgan fingerprint density at radius 2 is 2.07 bits per heavy atom. The lowest BCUT2D eigenvalue weighted by atomic mass is 9.75. The molecule has 1 unspecified atom stereocenters. The van der Waals surface area contributed by atoms with E-state index in [4.69, 9.17) is 5.11 Å². The van der Waals surface area contributed by atoms with E-state index in [1.54, 1.807) is 0 Å². The highest BCUT2D eigenvalue weighted by molar-refractivity contribution is 5.79. The molecule has 1 amide bonds. The number of rotatable bonds is 5. The van der Waals surface area contributed by atoms with E-state index in [9.17, 15) is 9.59 Å². The zero-order valence-corrected chi connectivity index (χ0v) is 9.32. The van der Waals surface area contributed by atoms with E-state index >= 15 is 0 Å². The van der Waals surface area contributed by atoms with Crippen molar-refractivity contribution >= 4 is 11.9 Å². The molecule has 0 aliphatic heterocycles. The van der Waals surface area contributed by atoms with E-state index < -0.39 is 5.97 Å². The van der Waals surface area contributed by atoms with Gasteiger partial charge in [0.15, 0.2) is 0 Å². The second kappa shape index (κ2) is 5.14. The number of carbonyl (C=O) groups is 2. The van der Waals surface area contributed by atoms with Crippen LogP contribution in [0.5, 0.6) is 0 Å². The van der Waals surface area contributed by atoms with Crippen LogP contribution in [-0.4, -0.2) is 23.0 Å². The fraction of sp³-hybridized carbons (Fsp3) is 0.818. The van der Waals surface area contributed by atoms with Gasteiger partial charge >= 0.3 is 5.97 Å². The summed E-state index contributed by atoms with van der Waals surface area (Å²) in [6.45, 7) is 3.99. The molecular formula is C11H19NO3. The van der Waals surface area contributed by atoms with E-state index in [-0.39, 0.29) is 24.3 Å². The molecule has 86 valence electrons. The summed E-state index contributed by atoms with van der Waals surface area (Å²) in [5.41, 5.74) is 0. The normalized spacial score (nSPS) is 26.5. The maximum Gasteiger partial charge on any atom is 0.303 e. The summed E-state index contributed by atoms with van der Waals surface area (Å²) in [5.74, 6) is 0.0988. The molecule has 2 N–H and O–H groups in total. The number of carbonyl (C=O) groups excluding carboxylic acids is 1. The molecule has 1 aliphatic carbocycles. The second-order valence-electron chi connectivity index (χ2n) is 4.62. The molecule has 0 bridgehead atoms. The molecule has 1 fully saturated rings. The molecule has 1 rings (SSSR count). The third-order valence-electron chi connectivity index (χ3n) is 2.92. The summed E-state index contributed by atoms with van der Waals surface area (Å²) >= 11 is 0. The Bertz CT molecular complexity index is 246. The van der Waals surface area contributed by atoms with Crippen molar-refractivity contribution in [1.82, 2.24) is 5.32 Å². The number of hydrogen-bond acceptors (Lipinski definition) is 2. The Balaban J connectivity index is 2.17. The third-order valence-corrected chi connectivity index (χ3v) is 2.92. The van der Waals surface area contributed by atoms with Gasteiger partial charge in [0, 0.05) is 18.4 Å². The molecule has 0 saturated heterocycles. The lowest BCUT2D eigenvalue weighted by molar-refractivity contribution is -0.137. The van der Waals surface area contributed by atoms with Crippen LogP contribution in [-0.2, 0) is 9.59 Å². The predicted octanol–water partition coefficient (Wildman–Crippen LogP) is 1.40. The minimum atomic E-state index is -0.812. The number of nitrogens with one attached hydrogen (secondary N) is 1. The highest BCUT2D eigenvalue weighted by Crippen LogP contribution is 2.33. The van der Waals surface area contributed by atoms with Crippen LogP contribution in [0.15, 0.2) is 0 Å². The lowest BCUT2D eigenvalue weighted by Gasteiger charge is -2.32. The lowest BCUT2D eigenvalue weighted by Crippen LogP contribution is -2.42. The monoisotopic (exact) mass is 213 g/mol. The molecule has 0 aromatic carbocycles. The van der Waals surface area contributed by atoms with Crippen LogP contribution in [0.1, 0.15) is 39.5 Å². The third kappa shape index (κ3) is 3.90. The number of aliphatic carboxylic acids is 1. The van der Waals surface area contributed by atoms with Crippen LogP contribution in [0.2, 0.25) is 0 Å². The first kappa shape index (κ1) is 12.0. The van der Waals surface area contributed by atoms with Gasteiger partial charge in [0.25, 0.3) is 0 Å². The smallest absolute Gasteiger partial charge is 0.303 e. The van der Waals surface area contributed by atoms with E-state index in [0.29, 0.717) is 12.3 Å². The van der Waals surface area contributed by atoms with Gasteiger partial charge in [-0.3, -0.25) is 9.59 Å². The molecule has 4 nitrogen and oxygen atoms in total. The fourth-order valence-corrected chi connectivity index (χ4v) is 1.89. The van der Waals surface area contributed by atoms with Crippen molar-refractivity contribution in [2.45, 2.75) is 45.6 Å². The van der Waals surface area contributed by atoms with Gasteiger partial charge in [0.1, 0.15) is 0 Å². The summed E-state index contributed by atoms with van der Waals surface area (Å²) in [5, 5.41) is 11.3. The molecule has 0 radical (unpaired) electrons. The number of hydrogen-bond donors (Lipinski definition) is 2. The zero-order valence-electron chi connectivity index (χ0n) is 9.32. The molecule has 4 heteroatoms. The van der Waals surface area contributed by atoms with Gasteiger partial charge in [0.2, 0.25) is 5.91 Å². The summed E-state index contributed by atoms with van der Waals surface area (Å²) in [4.78, 5) is 21.9.